The predicted molar refractivity (Wildman–Crippen MR) is 398 cm³/mol. The third kappa shape index (κ3) is 75.6. The third-order valence-corrected chi connectivity index (χ3v) is 20.1. The molecular formula is C84H165NO5. The number of allylic oxidation sites excluding steroid dienone is 2. The van der Waals surface area contributed by atoms with Crippen LogP contribution in [0.4, 0.5) is 0 Å². The van der Waals surface area contributed by atoms with Gasteiger partial charge in [-0.05, 0) is 51.4 Å². The lowest BCUT2D eigenvalue weighted by Gasteiger charge is -2.22. The number of ether oxygens (including phenoxy) is 1. The van der Waals surface area contributed by atoms with E-state index in [1.165, 1.54) is 417 Å². The minimum Gasteiger partial charge on any atom is -0.466 e. The standard InChI is InChI=1S/C84H165NO5/c1-3-5-7-9-11-13-15-17-19-20-21-22-23-37-40-43-46-49-52-56-60-64-68-72-76-82(87)81(80-86)85-83(88)77-73-69-65-61-57-53-50-47-44-41-38-35-33-31-29-27-25-24-26-28-30-32-34-36-39-42-45-48-51-55-59-63-67-71-75-79-90-84(89)78-74-70-66-62-58-54-18-16-14-12-10-8-6-4-2/h26,28,81-82,86-87H,3-25,27,29-80H2,1-2H3,(H,85,88)/b28-26-. The van der Waals surface area contributed by atoms with Gasteiger partial charge in [0, 0.05) is 12.8 Å². The second-order valence-corrected chi connectivity index (χ2v) is 29.2. The van der Waals surface area contributed by atoms with Crippen LogP contribution in [0.2, 0.25) is 0 Å². The molecule has 0 aromatic rings. The van der Waals surface area contributed by atoms with Gasteiger partial charge in [-0.15, -0.1) is 0 Å². The molecule has 0 aromatic carbocycles. The highest BCUT2D eigenvalue weighted by Crippen LogP contribution is 2.21. The first-order valence-electron chi connectivity index (χ1n) is 41.9. The molecule has 0 heterocycles. The largest absolute Gasteiger partial charge is 0.466 e. The van der Waals surface area contributed by atoms with Gasteiger partial charge in [-0.25, -0.2) is 0 Å². The van der Waals surface area contributed by atoms with Crippen molar-refractivity contribution in [2.75, 3.05) is 13.2 Å². The second kappa shape index (κ2) is 80.0. The van der Waals surface area contributed by atoms with E-state index in [2.05, 4.69) is 31.3 Å². The molecule has 2 unspecified atom stereocenters. The molecule has 0 radical (unpaired) electrons. The molecule has 6 nitrogen and oxygen atoms in total. The van der Waals surface area contributed by atoms with Gasteiger partial charge < -0.3 is 20.3 Å². The first kappa shape index (κ1) is 88.6. The molecule has 0 rings (SSSR count). The lowest BCUT2D eigenvalue weighted by molar-refractivity contribution is -0.143. The van der Waals surface area contributed by atoms with Crippen LogP contribution in [0.1, 0.15) is 489 Å². The Labute approximate surface area is 565 Å². The molecule has 0 aliphatic rings. The van der Waals surface area contributed by atoms with Gasteiger partial charge in [0.05, 0.1) is 25.4 Å². The number of aliphatic hydroxyl groups excluding tert-OH is 2. The summed E-state index contributed by atoms with van der Waals surface area (Å²) < 4.78 is 5.50. The summed E-state index contributed by atoms with van der Waals surface area (Å²) >= 11 is 0. The molecule has 0 aliphatic heterocycles. The summed E-state index contributed by atoms with van der Waals surface area (Å²) in [6, 6.07) is -0.540. The Hall–Kier alpha value is -1.40. The van der Waals surface area contributed by atoms with Crippen molar-refractivity contribution in [3.63, 3.8) is 0 Å². The molecule has 0 saturated carbocycles. The Morgan fingerprint density at radius 3 is 0.789 bits per heavy atom. The maximum Gasteiger partial charge on any atom is 0.305 e. The first-order chi connectivity index (χ1) is 44.5. The Bertz CT molecular complexity index is 1370. The third-order valence-electron chi connectivity index (χ3n) is 20.1. The smallest absolute Gasteiger partial charge is 0.305 e. The SMILES string of the molecule is CCCCCCCCCCCCCCCCCCCCCCCCCCC(O)C(CO)NC(=O)CCCCCCCCCCCCCCCCCCC/C=C\CCCCCCCCCCCCCCCCOC(=O)CCCCCCCCCCCCCCCC. The first-order valence-corrected chi connectivity index (χ1v) is 41.9. The molecule has 0 spiro atoms. The minimum absolute atomic E-state index is 0.0238. The zero-order valence-corrected chi connectivity index (χ0v) is 61.7. The molecule has 6 heteroatoms. The van der Waals surface area contributed by atoms with E-state index in [9.17, 15) is 19.8 Å². The fraction of sp³-hybridized carbons (Fsp3) is 0.952. The molecule has 90 heavy (non-hydrogen) atoms. The predicted octanol–water partition coefficient (Wildman–Crippen LogP) is 27.8. The van der Waals surface area contributed by atoms with Crippen LogP contribution in [0, 0.1) is 0 Å². The second-order valence-electron chi connectivity index (χ2n) is 29.2. The van der Waals surface area contributed by atoms with Gasteiger partial charge in [0.2, 0.25) is 5.91 Å². The summed E-state index contributed by atoms with van der Waals surface area (Å²) in [5.41, 5.74) is 0. The zero-order valence-electron chi connectivity index (χ0n) is 61.7. The van der Waals surface area contributed by atoms with E-state index in [0.29, 0.717) is 25.9 Å². The summed E-state index contributed by atoms with van der Waals surface area (Å²) in [7, 11) is 0. The Morgan fingerprint density at radius 1 is 0.300 bits per heavy atom. The van der Waals surface area contributed by atoms with Gasteiger partial charge in [-0.2, -0.15) is 0 Å². The van der Waals surface area contributed by atoms with E-state index in [0.717, 1.165) is 38.5 Å². The Morgan fingerprint density at radius 2 is 0.522 bits per heavy atom. The van der Waals surface area contributed by atoms with Gasteiger partial charge in [-0.3, -0.25) is 9.59 Å². The lowest BCUT2D eigenvalue weighted by atomic mass is 10.0. The molecule has 536 valence electrons. The normalized spacial score (nSPS) is 12.4. The number of esters is 1. The van der Waals surface area contributed by atoms with Crippen molar-refractivity contribution in [1.82, 2.24) is 5.32 Å². The summed E-state index contributed by atoms with van der Waals surface area (Å²) in [6.07, 6.45) is 102. The number of aliphatic hydroxyl groups is 2. The number of amides is 1. The van der Waals surface area contributed by atoms with E-state index >= 15 is 0 Å². The molecule has 0 aromatic heterocycles. The van der Waals surface area contributed by atoms with Crippen LogP contribution in [0.25, 0.3) is 0 Å². The van der Waals surface area contributed by atoms with Crippen molar-refractivity contribution in [1.29, 1.82) is 0 Å². The number of carbonyl (C=O) groups is 2. The highest BCUT2D eigenvalue weighted by molar-refractivity contribution is 5.76. The number of unbranched alkanes of at least 4 members (excludes halogenated alkanes) is 67. The van der Waals surface area contributed by atoms with E-state index in [1.54, 1.807) is 0 Å². The summed E-state index contributed by atoms with van der Waals surface area (Å²) in [4.78, 5) is 24.7. The highest BCUT2D eigenvalue weighted by atomic mass is 16.5. The number of nitrogens with one attached hydrogen (secondary N) is 1. The van der Waals surface area contributed by atoms with Crippen LogP contribution < -0.4 is 5.32 Å². The van der Waals surface area contributed by atoms with Crippen molar-refractivity contribution in [2.45, 2.75) is 501 Å². The van der Waals surface area contributed by atoms with E-state index in [-0.39, 0.29) is 18.5 Å². The molecule has 0 fully saturated rings. The Kier molecular flexibility index (Phi) is 78.8. The number of rotatable bonds is 80. The van der Waals surface area contributed by atoms with Crippen LogP contribution in [-0.4, -0.2) is 47.4 Å². The molecule has 3 N–H and O–H groups in total. The van der Waals surface area contributed by atoms with Crippen molar-refractivity contribution in [3.8, 4) is 0 Å². The molecule has 0 saturated heterocycles. The van der Waals surface area contributed by atoms with Gasteiger partial charge in [0.15, 0.2) is 0 Å². The summed E-state index contributed by atoms with van der Waals surface area (Å²) in [5.74, 6) is -0.00104. The van der Waals surface area contributed by atoms with E-state index in [1.807, 2.05) is 0 Å². The monoisotopic (exact) mass is 1270 g/mol. The van der Waals surface area contributed by atoms with Crippen LogP contribution in [0.5, 0.6) is 0 Å². The average molecular weight is 1270 g/mol. The number of carbonyl (C=O) groups excluding carboxylic acids is 2. The molecule has 0 aliphatic carbocycles. The van der Waals surface area contributed by atoms with Gasteiger partial charge in [0.1, 0.15) is 0 Å². The molecule has 1 amide bonds. The maximum absolute atomic E-state index is 12.6. The van der Waals surface area contributed by atoms with Crippen LogP contribution in [0.3, 0.4) is 0 Å². The van der Waals surface area contributed by atoms with Crippen molar-refractivity contribution in [2.24, 2.45) is 0 Å². The van der Waals surface area contributed by atoms with Gasteiger partial charge >= 0.3 is 5.97 Å². The van der Waals surface area contributed by atoms with Crippen molar-refractivity contribution >= 4 is 11.9 Å². The van der Waals surface area contributed by atoms with E-state index < -0.39 is 12.1 Å². The quantitative estimate of drug-likeness (QED) is 0.0320. The van der Waals surface area contributed by atoms with Crippen LogP contribution in [-0.2, 0) is 14.3 Å². The highest BCUT2D eigenvalue weighted by Gasteiger charge is 2.20. The number of hydrogen-bond acceptors (Lipinski definition) is 5. The molecular weight excluding hydrogens is 1100 g/mol. The molecule has 2 atom stereocenters. The minimum atomic E-state index is -0.663. The molecule has 0 bridgehead atoms. The van der Waals surface area contributed by atoms with Gasteiger partial charge in [-0.1, -0.05) is 437 Å². The van der Waals surface area contributed by atoms with Crippen molar-refractivity contribution in [3.05, 3.63) is 12.2 Å². The van der Waals surface area contributed by atoms with Crippen molar-refractivity contribution < 1.29 is 24.5 Å². The van der Waals surface area contributed by atoms with Gasteiger partial charge in [0.25, 0.3) is 0 Å². The average Bonchev–Trinajstić information content (AvgIpc) is 3.69. The topological polar surface area (TPSA) is 95.9 Å². The maximum atomic E-state index is 12.6. The van der Waals surface area contributed by atoms with Crippen LogP contribution >= 0.6 is 0 Å². The fourth-order valence-corrected chi connectivity index (χ4v) is 13.7. The van der Waals surface area contributed by atoms with Crippen LogP contribution in [0.15, 0.2) is 12.2 Å². The lowest BCUT2D eigenvalue weighted by Crippen LogP contribution is -2.45. The Balaban J connectivity index is 3.34. The summed E-state index contributed by atoms with van der Waals surface area (Å²) in [6.45, 7) is 5.02. The zero-order chi connectivity index (χ0) is 64.9. The summed E-state index contributed by atoms with van der Waals surface area (Å²) in [5, 5.41) is 23.5. The fourth-order valence-electron chi connectivity index (χ4n) is 13.7. The van der Waals surface area contributed by atoms with E-state index in [4.69, 9.17) is 4.74 Å². The number of hydrogen-bond donors (Lipinski definition) is 3.